The summed E-state index contributed by atoms with van der Waals surface area (Å²) in [5.74, 6) is -0.335. The maximum Gasteiger partial charge on any atom is 0.273 e. The summed E-state index contributed by atoms with van der Waals surface area (Å²) < 4.78 is 1.65. The van der Waals surface area contributed by atoms with E-state index >= 15 is 0 Å². The number of amides is 1. The van der Waals surface area contributed by atoms with Gasteiger partial charge in [-0.1, -0.05) is 18.2 Å². The van der Waals surface area contributed by atoms with E-state index in [2.05, 4.69) is 20.6 Å². The summed E-state index contributed by atoms with van der Waals surface area (Å²) in [6.45, 7) is 5.55. The normalized spacial score (nSPS) is 13.6. The number of nitrogens with one attached hydrogen (secondary N) is 1. The molecular formula is C18H21N5O2. The first-order valence-corrected chi connectivity index (χ1v) is 8.21. The first-order valence-electron chi connectivity index (χ1n) is 8.21. The van der Waals surface area contributed by atoms with Gasteiger partial charge < -0.3 is 10.4 Å². The van der Waals surface area contributed by atoms with Crippen molar-refractivity contribution in [3.8, 4) is 5.69 Å². The Balaban J connectivity index is 1.95. The predicted molar refractivity (Wildman–Crippen MR) is 94.6 cm³/mol. The summed E-state index contributed by atoms with van der Waals surface area (Å²) in [5, 5.41) is 21.2. The van der Waals surface area contributed by atoms with E-state index in [9.17, 15) is 9.90 Å². The van der Waals surface area contributed by atoms with Crippen LogP contribution in [-0.4, -0.2) is 43.6 Å². The van der Waals surface area contributed by atoms with E-state index in [1.54, 1.807) is 10.9 Å². The van der Waals surface area contributed by atoms with Gasteiger partial charge in [0, 0.05) is 24.2 Å². The van der Waals surface area contributed by atoms with Gasteiger partial charge in [0.15, 0.2) is 5.69 Å². The highest BCUT2D eigenvalue weighted by atomic mass is 16.3. The minimum absolute atomic E-state index is 0.0100. The minimum atomic E-state index is -0.296. The lowest BCUT2D eigenvalue weighted by Crippen LogP contribution is -2.38. The molecule has 0 aliphatic heterocycles. The Hall–Kier alpha value is -2.80. The van der Waals surface area contributed by atoms with E-state index < -0.39 is 0 Å². The van der Waals surface area contributed by atoms with Crippen LogP contribution in [0.3, 0.4) is 0 Å². The lowest BCUT2D eigenvalue weighted by Gasteiger charge is -2.18. The second-order valence-electron chi connectivity index (χ2n) is 6.20. The molecule has 0 aliphatic rings. The van der Waals surface area contributed by atoms with Crippen molar-refractivity contribution in [3.05, 3.63) is 47.9 Å². The van der Waals surface area contributed by atoms with Crippen molar-refractivity contribution in [2.24, 2.45) is 5.92 Å². The molecule has 130 valence electrons. The van der Waals surface area contributed by atoms with E-state index in [-0.39, 0.29) is 30.2 Å². The number of carbonyl (C=O) groups is 1. The number of rotatable bonds is 5. The van der Waals surface area contributed by atoms with Crippen LogP contribution in [0.5, 0.6) is 0 Å². The van der Waals surface area contributed by atoms with Crippen molar-refractivity contribution in [1.82, 2.24) is 25.3 Å². The third kappa shape index (κ3) is 3.23. The maximum atomic E-state index is 12.5. The number of pyridine rings is 1. The summed E-state index contributed by atoms with van der Waals surface area (Å²) in [6.07, 6.45) is 1.74. The number of hydrogen-bond donors (Lipinski definition) is 2. The fourth-order valence-electron chi connectivity index (χ4n) is 2.62. The van der Waals surface area contributed by atoms with Crippen LogP contribution in [0.15, 0.2) is 36.5 Å². The van der Waals surface area contributed by atoms with Crippen LogP contribution in [0.2, 0.25) is 0 Å². The van der Waals surface area contributed by atoms with E-state index in [1.165, 1.54) is 0 Å². The van der Waals surface area contributed by atoms with Crippen LogP contribution in [0.4, 0.5) is 0 Å². The topological polar surface area (TPSA) is 92.9 Å². The number of aliphatic hydroxyl groups excluding tert-OH is 1. The third-order valence-corrected chi connectivity index (χ3v) is 4.46. The van der Waals surface area contributed by atoms with E-state index in [0.29, 0.717) is 5.69 Å². The number of hydrogen-bond acceptors (Lipinski definition) is 5. The van der Waals surface area contributed by atoms with Gasteiger partial charge in [0.2, 0.25) is 0 Å². The Morgan fingerprint density at radius 3 is 2.84 bits per heavy atom. The van der Waals surface area contributed by atoms with Gasteiger partial charge in [0.05, 0.1) is 16.9 Å². The third-order valence-electron chi connectivity index (χ3n) is 4.46. The lowest BCUT2D eigenvalue weighted by atomic mass is 10.1. The summed E-state index contributed by atoms with van der Waals surface area (Å²) in [7, 11) is 0. The van der Waals surface area contributed by atoms with Gasteiger partial charge in [-0.05, 0) is 44.0 Å². The number of aliphatic hydroxyl groups is 1. The van der Waals surface area contributed by atoms with Gasteiger partial charge in [-0.15, -0.1) is 5.10 Å². The van der Waals surface area contributed by atoms with Crippen molar-refractivity contribution in [1.29, 1.82) is 0 Å². The number of benzene rings is 1. The van der Waals surface area contributed by atoms with Crippen LogP contribution in [0.1, 0.15) is 30.0 Å². The van der Waals surface area contributed by atoms with E-state index in [4.69, 9.17) is 0 Å². The highest BCUT2D eigenvalue weighted by molar-refractivity contribution is 5.94. The number of nitrogens with zero attached hydrogens (tertiary/aromatic N) is 4. The molecule has 2 N–H and O–H groups in total. The van der Waals surface area contributed by atoms with Gasteiger partial charge in [-0.3, -0.25) is 9.78 Å². The minimum Gasteiger partial charge on any atom is -0.396 e. The Bertz CT molecular complexity index is 900. The number of fused-ring (bicyclic) bond motifs is 1. The summed E-state index contributed by atoms with van der Waals surface area (Å²) in [5.41, 5.74) is 2.60. The first kappa shape index (κ1) is 17.0. The molecule has 0 spiro atoms. The molecule has 1 amide bonds. The number of carbonyl (C=O) groups excluding carboxylic acids is 1. The van der Waals surface area contributed by atoms with Crippen molar-refractivity contribution >= 4 is 16.8 Å². The number of aromatic nitrogens is 4. The van der Waals surface area contributed by atoms with Crippen molar-refractivity contribution in [3.63, 3.8) is 0 Å². The molecule has 7 nitrogen and oxygen atoms in total. The summed E-state index contributed by atoms with van der Waals surface area (Å²) in [6, 6.07) is 9.41. The zero-order valence-electron chi connectivity index (χ0n) is 14.5. The van der Waals surface area contributed by atoms with Crippen LogP contribution in [-0.2, 0) is 0 Å². The van der Waals surface area contributed by atoms with Crippen molar-refractivity contribution in [2.75, 3.05) is 6.61 Å². The molecule has 3 rings (SSSR count). The molecular weight excluding hydrogens is 318 g/mol. The molecule has 7 heteroatoms. The molecule has 2 heterocycles. The SMILES string of the molecule is Cc1c(C(=O)NC(C)C(C)CO)nnn1-c1cccc2ncccc12. The van der Waals surface area contributed by atoms with Crippen molar-refractivity contribution < 1.29 is 9.90 Å². The largest absolute Gasteiger partial charge is 0.396 e. The van der Waals surface area contributed by atoms with Crippen LogP contribution in [0, 0.1) is 12.8 Å². The standard InChI is InChI=1S/C18H21N5O2/c1-11(10-24)12(2)20-18(25)17-13(3)23(22-21-17)16-8-4-7-15-14(16)6-5-9-19-15/h4-9,11-12,24H,10H2,1-3H3,(H,20,25). The summed E-state index contributed by atoms with van der Waals surface area (Å²) in [4.78, 5) is 16.8. The highest BCUT2D eigenvalue weighted by Gasteiger charge is 2.21. The van der Waals surface area contributed by atoms with Crippen LogP contribution < -0.4 is 5.32 Å². The van der Waals surface area contributed by atoms with Gasteiger partial charge in [-0.2, -0.15) is 0 Å². The molecule has 0 radical (unpaired) electrons. The lowest BCUT2D eigenvalue weighted by molar-refractivity contribution is 0.0910. The zero-order valence-corrected chi connectivity index (χ0v) is 14.5. The second-order valence-corrected chi connectivity index (χ2v) is 6.20. The smallest absolute Gasteiger partial charge is 0.273 e. The highest BCUT2D eigenvalue weighted by Crippen LogP contribution is 2.21. The average Bonchev–Trinajstić information content (AvgIpc) is 3.01. The van der Waals surface area contributed by atoms with Crippen LogP contribution >= 0.6 is 0 Å². The summed E-state index contributed by atoms with van der Waals surface area (Å²) >= 11 is 0. The fourth-order valence-corrected chi connectivity index (χ4v) is 2.62. The molecule has 0 aliphatic carbocycles. The van der Waals surface area contributed by atoms with E-state index in [1.807, 2.05) is 51.1 Å². The molecule has 1 aromatic carbocycles. The van der Waals surface area contributed by atoms with Crippen LogP contribution in [0.25, 0.3) is 16.6 Å². The first-order chi connectivity index (χ1) is 12.0. The predicted octanol–water partition coefficient (Wildman–Crippen LogP) is 1.87. The van der Waals surface area contributed by atoms with Gasteiger partial charge in [-0.25, -0.2) is 4.68 Å². The van der Waals surface area contributed by atoms with Gasteiger partial charge in [0.25, 0.3) is 5.91 Å². The fraction of sp³-hybridized carbons (Fsp3) is 0.333. The molecule has 2 unspecified atom stereocenters. The molecule has 0 saturated carbocycles. The van der Waals surface area contributed by atoms with Gasteiger partial charge in [0.1, 0.15) is 0 Å². The average molecular weight is 339 g/mol. The van der Waals surface area contributed by atoms with Crippen molar-refractivity contribution in [2.45, 2.75) is 26.8 Å². The molecule has 0 fully saturated rings. The Kier molecular flexibility index (Phi) is 4.76. The van der Waals surface area contributed by atoms with E-state index in [0.717, 1.165) is 16.6 Å². The quantitative estimate of drug-likeness (QED) is 0.740. The monoisotopic (exact) mass is 339 g/mol. The van der Waals surface area contributed by atoms with Gasteiger partial charge >= 0.3 is 0 Å². The Labute approximate surface area is 145 Å². The molecule has 25 heavy (non-hydrogen) atoms. The zero-order chi connectivity index (χ0) is 18.0. The Morgan fingerprint density at radius 1 is 1.28 bits per heavy atom. The molecule has 0 bridgehead atoms. The molecule has 3 aromatic rings. The molecule has 2 atom stereocenters. The Morgan fingerprint density at radius 2 is 2.08 bits per heavy atom. The maximum absolute atomic E-state index is 12.5. The molecule has 2 aromatic heterocycles. The second kappa shape index (κ2) is 6.98. The molecule has 0 saturated heterocycles.